The van der Waals surface area contributed by atoms with E-state index in [0.29, 0.717) is 16.4 Å². The van der Waals surface area contributed by atoms with Gasteiger partial charge in [0.05, 0.1) is 5.69 Å². The number of halogens is 1. The Kier molecular flexibility index (Phi) is 5.02. The van der Waals surface area contributed by atoms with Gasteiger partial charge in [-0.25, -0.2) is 4.90 Å². The van der Waals surface area contributed by atoms with Crippen molar-refractivity contribution in [1.82, 2.24) is 5.01 Å². The summed E-state index contributed by atoms with van der Waals surface area (Å²) >= 11 is 5.92. The minimum Gasteiger partial charge on any atom is -0.324 e. The molecular formula is C20H18ClN5O3. The van der Waals surface area contributed by atoms with E-state index in [-0.39, 0.29) is 6.54 Å². The number of aryl methyl sites for hydroxylation is 1. The number of imide groups is 1. The molecule has 0 unspecified atom stereocenters. The Labute approximate surface area is 172 Å². The number of carbonyl (C=O) groups excluding carboxylic acids is 3. The Morgan fingerprint density at radius 3 is 2.59 bits per heavy atom. The van der Waals surface area contributed by atoms with E-state index in [1.807, 2.05) is 19.1 Å². The van der Waals surface area contributed by atoms with Crippen LogP contribution in [0.1, 0.15) is 12.5 Å². The van der Waals surface area contributed by atoms with Gasteiger partial charge in [0.2, 0.25) is 5.91 Å². The predicted molar refractivity (Wildman–Crippen MR) is 108 cm³/mol. The molecule has 2 aromatic carbocycles. The van der Waals surface area contributed by atoms with E-state index >= 15 is 0 Å². The zero-order chi connectivity index (χ0) is 20.5. The maximum absolute atomic E-state index is 12.9. The van der Waals surface area contributed by atoms with Crippen molar-refractivity contribution in [2.45, 2.75) is 25.4 Å². The van der Waals surface area contributed by atoms with Crippen LogP contribution in [0.4, 0.5) is 11.4 Å². The summed E-state index contributed by atoms with van der Waals surface area (Å²) < 4.78 is 0. The Balaban J connectivity index is 1.48. The van der Waals surface area contributed by atoms with E-state index in [4.69, 9.17) is 11.6 Å². The van der Waals surface area contributed by atoms with E-state index in [1.54, 1.807) is 36.4 Å². The smallest absolute Gasteiger partial charge is 0.263 e. The van der Waals surface area contributed by atoms with Crippen LogP contribution in [0.2, 0.25) is 5.02 Å². The second-order valence-corrected chi connectivity index (χ2v) is 7.22. The third-order valence-corrected chi connectivity index (χ3v) is 5.11. The Morgan fingerprint density at radius 1 is 1.14 bits per heavy atom. The molecule has 2 atom stereocenters. The van der Waals surface area contributed by atoms with Crippen molar-refractivity contribution in [3.63, 3.8) is 0 Å². The van der Waals surface area contributed by atoms with Gasteiger partial charge in [0, 0.05) is 10.7 Å². The van der Waals surface area contributed by atoms with Crippen LogP contribution in [0, 0.1) is 0 Å². The first-order chi connectivity index (χ1) is 14.0. The molecule has 2 heterocycles. The molecule has 0 saturated carbocycles. The lowest BCUT2D eigenvalue weighted by Crippen LogP contribution is -2.43. The Bertz CT molecular complexity index is 1010. The molecule has 0 radical (unpaired) electrons. The SMILES string of the molecule is CCc1ccc(N2C(=O)[C@H]3N=NN(CC(=O)Nc4cccc(Cl)c4)[C@H]3C2=O)cc1. The summed E-state index contributed by atoms with van der Waals surface area (Å²) in [5, 5.41) is 12.3. The van der Waals surface area contributed by atoms with Crippen molar-refractivity contribution < 1.29 is 14.4 Å². The molecule has 0 aromatic heterocycles. The molecule has 9 heteroatoms. The lowest BCUT2D eigenvalue weighted by atomic mass is 10.1. The number of hydrogen-bond acceptors (Lipinski definition) is 6. The Morgan fingerprint density at radius 2 is 1.90 bits per heavy atom. The van der Waals surface area contributed by atoms with Gasteiger partial charge in [-0.05, 0) is 42.3 Å². The number of anilines is 2. The van der Waals surface area contributed by atoms with Crippen LogP contribution in [0.3, 0.4) is 0 Å². The molecule has 3 amide bonds. The molecule has 2 aliphatic rings. The molecule has 8 nitrogen and oxygen atoms in total. The van der Waals surface area contributed by atoms with Crippen molar-refractivity contribution in [3.8, 4) is 0 Å². The van der Waals surface area contributed by atoms with E-state index in [0.717, 1.165) is 16.9 Å². The zero-order valence-electron chi connectivity index (χ0n) is 15.6. The maximum atomic E-state index is 12.9. The largest absolute Gasteiger partial charge is 0.324 e. The first-order valence-corrected chi connectivity index (χ1v) is 9.55. The van der Waals surface area contributed by atoms with Crippen LogP contribution in [0.25, 0.3) is 0 Å². The topological polar surface area (TPSA) is 94.4 Å². The number of nitrogens with one attached hydrogen (secondary N) is 1. The fourth-order valence-electron chi connectivity index (χ4n) is 3.40. The summed E-state index contributed by atoms with van der Waals surface area (Å²) in [5.74, 6) is -1.27. The third-order valence-electron chi connectivity index (χ3n) is 4.87. The molecule has 1 N–H and O–H groups in total. The highest BCUT2D eigenvalue weighted by Crippen LogP contribution is 2.32. The van der Waals surface area contributed by atoms with Gasteiger partial charge in [-0.15, -0.1) is 0 Å². The van der Waals surface area contributed by atoms with Crippen molar-refractivity contribution in [2.24, 2.45) is 10.3 Å². The number of nitrogens with zero attached hydrogens (tertiary/aromatic N) is 4. The summed E-state index contributed by atoms with van der Waals surface area (Å²) in [6.07, 6.45) is 0.858. The molecule has 4 rings (SSSR count). The van der Waals surface area contributed by atoms with Crippen molar-refractivity contribution in [2.75, 3.05) is 16.8 Å². The quantitative estimate of drug-likeness (QED) is 0.765. The fraction of sp³-hybridized carbons (Fsp3) is 0.250. The lowest BCUT2D eigenvalue weighted by Gasteiger charge is -2.20. The molecule has 2 aromatic rings. The molecule has 0 spiro atoms. The van der Waals surface area contributed by atoms with Gasteiger partial charge in [-0.1, -0.05) is 41.9 Å². The van der Waals surface area contributed by atoms with Gasteiger partial charge in [-0.2, -0.15) is 5.11 Å². The van der Waals surface area contributed by atoms with Crippen LogP contribution in [-0.4, -0.2) is 41.4 Å². The summed E-state index contributed by atoms with van der Waals surface area (Å²) in [5.41, 5.74) is 2.12. The summed E-state index contributed by atoms with van der Waals surface area (Å²) in [6, 6.07) is 12.1. The monoisotopic (exact) mass is 411 g/mol. The molecule has 0 aliphatic carbocycles. The van der Waals surface area contributed by atoms with Crippen LogP contribution in [0.5, 0.6) is 0 Å². The van der Waals surface area contributed by atoms with Crippen LogP contribution >= 0.6 is 11.6 Å². The highest BCUT2D eigenvalue weighted by atomic mass is 35.5. The van der Waals surface area contributed by atoms with Crippen molar-refractivity contribution in [1.29, 1.82) is 0 Å². The molecule has 148 valence electrons. The Hall–Kier alpha value is -3.26. The number of carbonyl (C=O) groups is 3. The molecule has 1 saturated heterocycles. The predicted octanol–water partition coefficient (Wildman–Crippen LogP) is 2.83. The summed E-state index contributed by atoms with van der Waals surface area (Å²) in [7, 11) is 0. The standard InChI is InChI=1S/C20H18ClN5O3/c1-2-12-6-8-15(9-7-12)26-19(28)17-18(20(26)29)25(24-23-17)11-16(27)22-14-5-3-4-13(21)10-14/h3-10,17-18H,2,11H2,1H3,(H,22,27)/t17-,18+/m0/s1. The highest BCUT2D eigenvalue weighted by molar-refractivity contribution is 6.31. The number of amides is 3. The van der Waals surface area contributed by atoms with E-state index in [1.165, 1.54) is 5.01 Å². The van der Waals surface area contributed by atoms with Gasteiger partial charge < -0.3 is 5.32 Å². The summed E-state index contributed by atoms with van der Waals surface area (Å²) in [4.78, 5) is 39.2. The van der Waals surface area contributed by atoms with Crippen molar-refractivity contribution >= 4 is 40.7 Å². The second-order valence-electron chi connectivity index (χ2n) is 6.78. The van der Waals surface area contributed by atoms with Gasteiger partial charge in [0.25, 0.3) is 11.8 Å². The minimum atomic E-state index is -0.938. The number of benzene rings is 2. The van der Waals surface area contributed by atoms with E-state index in [9.17, 15) is 14.4 Å². The van der Waals surface area contributed by atoms with E-state index in [2.05, 4.69) is 15.7 Å². The number of fused-ring (bicyclic) bond motifs is 1. The normalized spacial score (nSPS) is 20.3. The van der Waals surface area contributed by atoms with Crippen LogP contribution in [0.15, 0.2) is 58.9 Å². The lowest BCUT2D eigenvalue weighted by molar-refractivity contribution is -0.123. The zero-order valence-corrected chi connectivity index (χ0v) is 16.3. The minimum absolute atomic E-state index is 0.210. The third kappa shape index (κ3) is 3.58. The molecule has 29 heavy (non-hydrogen) atoms. The molecule has 2 aliphatic heterocycles. The van der Waals surface area contributed by atoms with Crippen LogP contribution in [-0.2, 0) is 20.8 Å². The number of rotatable bonds is 5. The average molecular weight is 412 g/mol. The molecular weight excluding hydrogens is 394 g/mol. The van der Waals surface area contributed by atoms with Crippen LogP contribution < -0.4 is 10.2 Å². The summed E-state index contributed by atoms with van der Waals surface area (Å²) in [6.45, 7) is 1.82. The number of hydrogen-bond donors (Lipinski definition) is 1. The maximum Gasteiger partial charge on any atom is 0.263 e. The van der Waals surface area contributed by atoms with Gasteiger partial charge in [0.15, 0.2) is 12.1 Å². The van der Waals surface area contributed by atoms with Crippen molar-refractivity contribution in [3.05, 3.63) is 59.1 Å². The average Bonchev–Trinajstić information content (AvgIpc) is 3.22. The first-order valence-electron chi connectivity index (χ1n) is 9.17. The highest BCUT2D eigenvalue weighted by Gasteiger charge is 2.55. The van der Waals surface area contributed by atoms with Gasteiger partial charge >= 0.3 is 0 Å². The van der Waals surface area contributed by atoms with Gasteiger partial charge in [-0.3, -0.25) is 19.4 Å². The molecule has 1 fully saturated rings. The fourth-order valence-corrected chi connectivity index (χ4v) is 3.59. The first kappa shape index (κ1) is 19.1. The molecule has 0 bridgehead atoms. The van der Waals surface area contributed by atoms with E-state index < -0.39 is 29.8 Å². The second kappa shape index (κ2) is 7.63. The van der Waals surface area contributed by atoms with Gasteiger partial charge in [0.1, 0.15) is 6.54 Å².